The van der Waals surface area contributed by atoms with Crippen molar-refractivity contribution >= 4 is 11.8 Å². The summed E-state index contributed by atoms with van der Waals surface area (Å²) >= 11 is 0. The molecule has 0 bridgehead atoms. The van der Waals surface area contributed by atoms with Crippen LogP contribution in [0.25, 0.3) is 0 Å². The summed E-state index contributed by atoms with van der Waals surface area (Å²) in [6, 6.07) is 7.39. The number of hydrogen-bond acceptors (Lipinski definition) is 3. The van der Waals surface area contributed by atoms with E-state index in [1.54, 1.807) is 7.11 Å². The first-order chi connectivity index (χ1) is 10.9. The monoisotopic (exact) mass is 318 g/mol. The molecular weight excluding hydrogens is 292 g/mol. The summed E-state index contributed by atoms with van der Waals surface area (Å²) in [5, 5.41) is 2.88. The van der Waals surface area contributed by atoms with Crippen LogP contribution in [0.4, 0.5) is 0 Å². The highest BCUT2D eigenvalue weighted by Crippen LogP contribution is 2.35. The summed E-state index contributed by atoms with van der Waals surface area (Å²) in [5.41, 5.74) is 0.904. The van der Waals surface area contributed by atoms with Gasteiger partial charge in [-0.15, -0.1) is 0 Å². The van der Waals surface area contributed by atoms with E-state index in [0.717, 1.165) is 11.3 Å². The minimum absolute atomic E-state index is 0.0546. The molecule has 1 aromatic carbocycles. The van der Waals surface area contributed by atoms with Crippen molar-refractivity contribution in [1.29, 1.82) is 0 Å². The number of ether oxygens (including phenoxy) is 1. The lowest BCUT2D eigenvalue weighted by Gasteiger charge is -2.27. The Bertz CT molecular complexity index is 552. The van der Waals surface area contributed by atoms with Gasteiger partial charge in [-0.2, -0.15) is 0 Å². The Morgan fingerprint density at radius 2 is 1.91 bits per heavy atom. The van der Waals surface area contributed by atoms with Gasteiger partial charge in [-0.25, -0.2) is 0 Å². The van der Waals surface area contributed by atoms with Crippen LogP contribution in [-0.2, 0) is 9.59 Å². The maximum atomic E-state index is 12.6. The SMILES string of the molecule is COc1ccc(C(CC(=O)N(C)C(C)C2CC2)NC(C)=O)cc1. The van der Waals surface area contributed by atoms with Crippen LogP contribution in [0.15, 0.2) is 24.3 Å². The van der Waals surface area contributed by atoms with E-state index in [4.69, 9.17) is 4.74 Å². The number of carbonyl (C=O) groups excluding carboxylic acids is 2. The summed E-state index contributed by atoms with van der Waals surface area (Å²) < 4.78 is 5.15. The van der Waals surface area contributed by atoms with Crippen LogP contribution >= 0.6 is 0 Å². The third-order valence-electron chi connectivity index (χ3n) is 4.58. The first-order valence-corrected chi connectivity index (χ1v) is 8.09. The largest absolute Gasteiger partial charge is 0.497 e. The Hall–Kier alpha value is -2.04. The fourth-order valence-corrected chi connectivity index (χ4v) is 2.77. The van der Waals surface area contributed by atoms with Crippen molar-refractivity contribution < 1.29 is 14.3 Å². The molecule has 1 saturated carbocycles. The van der Waals surface area contributed by atoms with Crippen LogP contribution in [0.5, 0.6) is 5.75 Å². The number of carbonyl (C=O) groups is 2. The Kier molecular flexibility index (Phi) is 5.64. The minimum Gasteiger partial charge on any atom is -0.497 e. The van der Waals surface area contributed by atoms with Crippen LogP contribution in [0, 0.1) is 5.92 Å². The van der Waals surface area contributed by atoms with Gasteiger partial charge < -0.3 is 15.0 Å². The molecule has 1 fully saturated rings. The molecule has 23 heavy (non-hydrogen) atoms. The fraction of sp³-hybridized carbons (Fsp3) is 0.556. The molecule has 0 heterocycles. The first kappa shape index (κ1) is 17.3. The van der Waals surface area contributed by atoms with Crippen molar-refractivity contribution in [2.45, 2.75) is 45.2 Å². The highest BCUT2D eigenvalue weighted by Gasteiger charge is 2.33. The second-order valence-corrected chi connectivity index (χ2v) is 6.31. The predicted octanol–water partition coefficient (Wildman–Crippen LogP) is 2.52. The smallest absolute Gasteiger partial charge is 0.224 e. The lowest BCUT2D eigenvalue weighted by molar-refractivity contribution is -0.132. The van der Waals surface area contributed by atoms with E-state index >= 15 is 0 Å². The molecule has 126 valence electrons. The summed E-state index contributed by atoms with van der Waals surface area (Å²) in [4.78, 5) is 25.9. The average molecular weight is 318 g/mol. The van der Waals surface area contributed by atoms with E-state index < -0.39 is 0 Å². The molecule has 2 amide bonds. The van der Waals surface area contributed by atoms with E-state index in [9.17, 15) is 9.59 Å². The zero-order chi connectivity index (χ0) is 17.0. The molecule has 1 aliphatic carbocycles. The van der Waals surface area contributed by atoms with Crippen molar-refractivity contribution in [2.24, 2.45) is 5.92 Å². The fourth-order valence-electron chi connectivity index (χ4n) is 2.77. The van der Waals surface area contributed by atoms with Gasteiger partial charge in [0.25, 0.3) is 0 Å². The molecule has 0 aromatic heterocycles. The molecule has 1 aromatic rings. The zero-order valence-corrected chi connectivity index (χ0v) is 14.3. The Morgan fingerprint density at radius 3 is 2.39 bits per heavy atom. The van der Waals surface area contributed by atoms with E-state index in [0.29, 0.717) is 5.92 Å². The van der Waals surface area contributed by atoms with E-state index in [1.807, 2.05) is 36.2 Å². The summed E-state index contributed by atoms with van der Waals surface area (Å²) in [6.07, 6.45) is 2.66. The third kappa shape index (κ3) is 4.71. The van der Waals surface area contributed by atoms with E-state index in [2.05, 4.69) is 12.2 Å². The first-order valence-electron chi connectivity index (χ1n) is 8.09. The summed E-state index contributed by atoms with van der Waals surface area (Å²) in [6.45, 7) is 3.56. The van der Waals surface area contributed by atoms with Gasteiger partial charge in [0.2, 0.25) is 11.8 Å². The molecule has 1 aliphatic rings. The van der Waals surface area contributed by atoms with Gasteiger partial charge >= 0.3 is 0 Å². The standard InChI is InChI=1S/C18H26N2O3/c1-12(14-5-6-14)20(3)18(22)11-17(19-13(2)21)15-7-9-16(23-4)10-8-15/h7-10,12,14,17H,5-6,11H2,1-4H3,(H,19,21). The number of nitrogens with one attached hydrogen (secondary N) is 1. The quantitative estimate of drug-likeness (QED) is 0.840. The summed E-state index contributed by atoms with van der Waals surface area (Å²) in [7, 11) is 3.46. The topological polar surface area (TPSA) is 58.6 Å². The number of hydrogen-bond donors (Lipinski definition) is 1. The number of amides is 2. The maximum Gasteiger partial charge on any atom is 0.224 e. The van der Waals surface area contributed by atoms with Gasteiger partial charge in [-0.05, 0) is 43.4 Å². The molecule has 2 atom stereocenters. The van der Waals surface area contributed by atoms with Crippen LogP contribution in [0.1, 0.15) is 44.7 Å². The lowest BCUT2D eigenvalue weighted by Crippen LogP contribution is -2.39. The van der Waals surface area contributed by atoms with Gasteiger partial charge in [-0.3, -0.25) is 9.59 Å². The summed E-state index contributed by atoms with van der Waals surface area (Å²) in [5.74, 6) is 1.29. The molecule has 2 rings (SSSR count). The van der Waals surface area contributed by atoms with Crippen LogP contribution < -0.4 is 10.1 Å². The minimum atomic E-state index is -0.320. The average Bonchev–Trinajstić information content (AvgIpc) is 3.37. The number of methoxy groups -OCH3 is 1. The number of benzene rings is 1. The van der Waals surface area contributed by atoms with Gasteiger partial charge in [0, 0.05) is 20.0 Å². The lowest BCUT2D eigenvalue weighted by atomic mass is 10.0. The molecule has 2 unspecified atom stereocenters. The number of nitrogens with zero attached hydrogens (tertiary/aromatic N) is 1. The van der Waals surface area contributed by atoms with Crippen molar-refractivity contribution in [2.75, 3.05) is 14.2 Å². The van der Waals surface area contributed by atoms with Crippen LogP contribution in [-0.4, -0.2) is 36.9 Å². The van der Waals surface area contributed by atoms with E-state index in [-0.39, 0.29) is 30.3 Å². The highest BCUT2D eigenvalue weighted by molar-refractivity contribution is 5.79. The van der Waals surface area contributed by atoms with Crippen LogP contribution in [0.3, 0.4) is 0 Å². The Morgan fingerprint density at radius 1 is 1.30 bits per heavy atom. The highest BCUT2D eigenvalue weighted by atomic mass is 16.5. The predicted molar refractivity (Wildman–Crippen MR) is 89.1 cm³/mol. The Labute approximate surface area is 138 Å². The molecular formula is C18H26N2O3. The van der Waals surface area contributed by atoms with E-state index in [1.165, 1.54) is 19.8 Å². The van der Waals surface area contributed by atoms with Gasteiger partial charge in [0.15, 0.2) is 0 Å². The van der Waals surface area contributed by atoms with Gasteiger partial charge in [-0.1, -0.05) is 12.1 Å². The molecule has 5 nitrogen and oxygen atoms in total. The van der Waals surface area contributed by atoms with Gasteiger partial charge in [0.05, 0.1) is 19.6 Å². The Balaban J connectivity index is 2.07. The number of rotatable bonds is 7. The van der Waals surface area contributed by atoms with Crippen molar-refractivity contribution in [3.8, 4) is 5.75 Å². The van der Waals surface area contributed by atoms with Crippen LogP contribution in [0.2, 0.25) is 0 Å². The zero-order valence-electron chi connectivity index (χ0n) is 14.3. The molecule has 0 saturated heterocycles. The molecule has 0 spiro atoms. The third-order valence-corrected chi connectivity index (χ3v) is 4.58. The molecule has 1 N–H and O–H groups in total. The maximum absolute atomic E-state index is 12.6. The van der Waals surface area contributed by atoms with Gasteiger partial charge in [0.1, 0.15) is 5.75 Å². The normalized spacial score (nSPS) is 16.3. The molecule has 5 heteroatoms. The van der Waals surface area contributed by atoms with Crippen molar-refractivity contribution in [3.63, 3.8) is 0 Å². The van der Waals surface area contributed by atoms with Crippen molar-refractivity contribution in [3.05, 3.63) is 29.8 Å². The molecule has 0 aliphatic heterocycles. The second-order valence-electron chi connectivity index (χ2n) is 6.31. The molecule has 0 radical (unpaired) electrons. The second kappa shape index (κ2) is 7.49. The van der Waals surface area contributed by atoms with Crippen molar-refractivity contribution in [1.82, 2.24) is 10.2 Å².